The van der Waals surface area contributed by atoms with Crippen molar-refractivity contribution >= 4 is 5.82 Å². The second-order valence-electron chi connectivity index (χ2n) is 5.27. The number of alkyl halides is 3. The van der Waals surface area contributed by atoms with E-state index in [0.717, 1.165) is 31.9 Å². The van der Waals surface area contributed by atoms with E-state index in [2.05, 4.69) is 15.2 Å². The molecule has 19 heavy (non-hydrogen) atoms. The molecule has 3 nitrogen and oxygen atoms in total. The van der Waals surface area contributed by atoms with Crippen molar-refractivity contribution in [2.75, 3.05) is 24.5 Å². The van der Waals surface area contributed by atoms with Crippen molar-refractivity contribution in [3.8, 4) is 0 Å². The molecule has 0 amide bonds. The largest absolute Gasteiger partial charge is 0.417 e. The zero-order chi connectivity index (χ0) is 13.5. The van der Waals surface area contributed by atoms with Gasteiger partial charge in [-0.1, -0.05) is 0 Å². The summed E-state index contributed by atoms with van der Waals surface area (Å²) in [6.07, 6.45) is -1.03. The molecule has 2 saturated heterocycles. The minimum absolute atomic E-state index is 0.456. The monoisotopic (exact) mass is 271 g/mol. The Morgan fingerprint density at radius 2 is 2.11 bits per heavy atom. The summed E-state index contributed by atoms with van der Waals surface area (Å²) < 4.78 is 37.4. The summed E-state index contributed by atoms with van der Waals surface area (Å²) in [5, 5.41) is 3.47. The number of pyridine rings is 1. The van der Waals surface area contributed by atoms with Crippen LogP contribution in [0, 0.1) is 5.92 Å². The van der Waals surface area contributed by atoms with Crippen LogP contribution in [0.25, 0.3) is 0 Å². The first-order chi connectivity index (χ1) is 9.04. The second kappa shape index (κ2) is 4.67. The molecule has 3 heterocycles. The molecule has 2 fully saturated rings. The lowest BCUT2D eigenvalue weighted by atomic mass is 9.94. The van der Waals surface area contributed by atoms with Crippen molar-refractivity contribution in [3.63, 3.8) is 0 Å². The predicted octanol–water partition coefficient (Wildman–Crippen LogP) is 2.29. The summed E-state index contributed by atoms with van der Waals surface area (Å²) in [5.74, 6) is 1.24. The van der Waals surface area contributed by atoms with Gasteiger partial charge in [0.25, 0.3) is 0 Å². The van der Waals surface area contributed by atoms with Gasteiger partial charge < -0.3 is 10.2 Å². The Bertz CT molecular complexity index is 429. The molecule has 0 aliphatic carbocycles. The maximum absolute atomic E-state index is 12.5. The number of hydrogen-bond donors (Lipinski definition) is 1. The number of fused-ring (bicyclic) bond motifs is 1. The third kappa shape index (κ3) is 2.54. The average Bonchev–Trinajstić information content (AvgIpc) is 2.81. The van der Waals surface area contributed by atoms with E-state index in [4.69, 9.17) is 0 Å². The lowest BCUT2D eigenvalue weighted by Gasteiger charge is -2.24. The van der Waals surface area contributed by atoms with Crippen LogP contribution in [0.3, 0.4) is 0 Å². The molecule has 0 spiro atoms. The van der Waals surface area contributed by atoms with Gasteiger partial charge in [0.05, 0.1) is 5.56 Å². The van der Waals surface area contributed by atoms with E-state index in [0.29, 0.717) is 17.8 Å². The van der Waals surface area contributed by atoms with Gasteiger partial charge in [-0.3, -0.25) is 0 Å². The van der Waals surface area contributed by atoms with Crippen LogP contribution in [0.2, 0.25) is 0 Å². The van der Waals surface area contributed by atoms with Gasteiger partial charge >= 0.3 is 6.18 Å². The van der Waals surface area contributed by atoms with Crippen molar-refractivity contribution in [2.45, 2.75) is 25.1 Å². The van der Waals surface area contributed by atoms with Crippen LogP contribution in [0.1, 0.15) is 18.4 Å². The number of nitrogens with zero attached hydrogens (tertiary/aromatic N) is 2. The molecule has 2 unspecified atom stereocenters. The normalized spacial score (nSPS) is 27.4. The molecule has 3 rings (SSSR count). The smallest absolute Gasteiger partial charge is 0.355 e. The molecule has 0 saturated carbocycles. The molecule has 1 aromatic rings. The molecule has 0 bridgehead atoms. The molecular weight excluding hydrogens is 255 g/mol. The van der Waals surface area contributed by atoms with Gasteiger partial charge in [0.15, 0.2) is 0 Å². The molecule has 2 aliphatic rings. The maximum Gasteiger partial charge on any atom is 0.417 e. The number of rotatable bonds is 1. The number of hydrogen-bond acceptors (Lipinski definition) is 3. The second-order valence-corrected chi connectivity index (χ2v) is 5.27. The Morgan fingerprint density at radius 3 is 2.74 bits per heavy atom. The molecule has 2 aliphatic heterocycles. The highest BCUT2D eigenvalue weighted by molar-refractivity contribution is 5.42. The van der Waals surface area contributed by atoms with Crippen LogP contribution in [0.5, 0.6) is 0 Å². The van der Waals surface area contributed by atoms with Crippen molar-refractivity contribution < 1.29 is 13.2 Å². The third-order valence-electron chi connectivity index (χ3n) is 4.00. The highest BCUT2D eigenvalue weighted by Gasteiger charge is 2.35. The minimum atomic E-state index is -4.31. The van der Waals surface area contributed by atoms with Gasteiger partial charge in [0.1, 0.15) is 5.82 Å². The summed E-state index contributed by atoms with van der Waals surface area (Å²) in [6.45, 7) is 2.76. The van der Waals surface area contributed by atoms with Gasteiger partial charge in [-0.05, 0) is 37.4 Å². The zero-order valence-corrected chi connectivity index (χ0v) is 10.5. The third-order valence-corrected chi connectivity index (χ3v) is 4.00. The van der Waals surface area contributed by atoms with Crippen LogP contribution in [0.15, 0.2) is 18.3 Å². The molecular formula is C13H16F3N3. The number of piperidine rings is 1. The summed E-state index contributed by atoms with van der Waals surface area (Å²) in [7, 11) is 0. The first kappa shape index (κ1) is 12.7. The fourth-order valence-corrected chi connectivity index (χ4v) is 2.97. The predicted molar refractivity (Wildman–Crippen MR) is 66.0 cm³/mol. The van der Waals surface area contributed by atoms with Crippen molar-refractivity contribution in [1.82, 2.24) is 10.3 Å². The molecule has 0 radical (unpaired) electrons. The summed E-state index contributed by atoms with van der Waals surface area (Å²) >= 11 is 0. The topological polar surface area (TPSA) is 28.2 Å². The lowest BCUT2D eigenvalue weighted by molar-refractivity contribution is -0.137. The van der Waals surface area contributed by atoms with E-state index < -0.39 is 11.7 Å². The standard InChI is InChI=1S/C13H16F3N3/c14-13(15,16)10-3-4-12(18-6-10)19-7-9-2-1-5-17-11(9)8-19/h3-4,6,9,11,17H,1-2,5,7-8H2. The fourth-order valence-electron chi connectivity index (χ4n) is 2.97. The van der Waals surface area contributed by atoms with E-state index in [-0.39, 0.29) is 0 Å². The first-order valence-electron chi connectivity index (χ1n) is 6.55. The van der Waals surface area contributed by atoms with Crippen LogP contribution in [-0.4, -0.2) is 30.7 Å². The van der Waals surface area contributed by atoms with E-state index >= 15 is 0 Å². The van der Waals surface area contributed by atoms with Crippen LogP contribution in [-0.2, 0) is 6.18 Å². The number of anilines is 1. The van der Waals surface area contributed by atoms with Gasteiger partial charge in [-0.25, -0.2) is 4.98 Å². The summed E-state index contributed by atoms with van der Waals surface area (Å²) in [5.41, 5.74) is -0.689. The average molecular weight is 271 g/mol. The van der Waals surface area contributed by atoms with Gasteiger partial charge in [0.2, 0.25) is 0 Å². The molecule has 1 aromatic heterocycles. The Hall–Kier alpha value is -1.30. The van der Waals surface area contributed by atoms with Crippen molar-refractivity contribution in [2.24, 2.45) is 5.92 Å². The van der Waals surface area contributed by atoms with Crippen molar-refractivity contribution in [3.05, 3.63) is 23.9 Å². The van der Waals surface area contributed by atoms with Gasteiger partial charge in [-0.2, -0.15) is 13.2 Å². The fraction of sp³-hybridized carbons (Fsp3) is 0.615. The molecule has 104 valence electrons. The highest BCUT2D eigenvalue weighted by atomic mass is 19.4. The number of halogens is 3. The Kier molecular flexibility index (Phi) is 3.12. The summed E-state index contributed by atoms with van der Waals surface area (Å²) in [4.78, 5) is 6.04. The Balaban J connectivity index is 1.73. The lowest BCUT2D eigenvalue weighted by Crippen LogP contribution is -2.40. The minimum Gasteiger partial charge on any atom is -0.355 e. The Labute approximate surface area is 109 Å². The van der Waals surface area contributed by atoms with Crippen LogP contribution in [0.4, 0.5) is 19.0 Å². The highest BCUT2D eigenvalue weighted by Crippen LogP contribution is 2.31. The molecule has 1 N–H and O–H groups in total. The van der Waals surface area contributed by atoms with E-state index in [1.54, 1.807) is 0 Å². The number of nitrogens with one attached hydrogen (secondary N) is 1. The zero-order valence-electron chi connectivity index (χ0n) is 10.5. The van der Waals surface area contributed by atoms with Crippen molar-refractivity contribution in [1.29, 1.82) is 0 Å². The SMILES string of the molecule is FC(F)(F)c1ccc(N2CC3CCCNC3C2)nc1. The molecule has 0 aromatic carbocycles. The van der Waals surface area contributed by atoms with Gasteiger partial charge in [0, 0.05) is 25.3 Å². The maximum atomic E-state index is 12.5. The first-order valence-corrected chi connectivity index (χ1v) is 6.55. The summed E-state index contributed by atoms with van der Waals surface area (Å²) in [6, 6.07) is 3.04. The van der Waals surface area contributed by atoms with Gasteiger partial charge in [-0.15, -0.1) is 0 Å². The van der Waals surface area contributed by atoms with E-state index in [1.165, 1.54) is 18.9 Å². The molecule has 6 heteroatoms. The van der Waals surface area contributed by atoms with E-state index in [9.17, 15) is 13.2 Å². The number of aromatic nitrogens is 1. The van der Waals surface area contributed by atoms with Crippen LogP contribution < -0.4 is 10.2 Å². The quantitative estimate of drug-likeness (QED) is 0.849. The van der Waals surface area contributed by atoms with E-state index in [1.807, 2.05) is 0 Å². The Morgan fingerprint density at radius 1 is 1.26 bits per heavy atom. The molecule has 2 atom stereocenters. The van der Waals surface area contributed by atoms with Crippen LogP contribution >= 0.6 is 0 Å².